The van der Waals surface area contributed by atoms with Gasteiger partial charge in [0.05, 0.1) is 0 Å². The molecule has 104 valence electrons. The van der Waals surface area contributed by atoms with Crippen LogP contribution in [0.2, 0.25) is 0 Å². The summed E-state index contributed by atoms with van der Waals surface area (Å²) in [7, 11) is 0. The zero-order valence-corrected chi connectivity index (χ0v) is 12.6. The van der Waals surface area contributed by atoms with Gasteiger partial charge in [-0.2, -0.15) is 0 Å². The average Bonchev–Trinajstić information content (AvgIpc) is 3.12. The molecule has 2 heteroatoms. The number of hydrogen-bond donors (Lipinski definition) is 1. The van der Waals surface area contributed by atoms with Gasteiger partial charge in [-0.1, -0.05) is 6.42 Å². The summed E-state index contributed by atoms with van der Waals surface area (Å²) < 4.78 is 0. The molecule has 0 aromatic carbocycles. The molecule has 1 heterocycles. The molecule has 1 aromatic heterocycles. The second kappa shape index (κ2) is 4.89. The Hall–Kier alpha value is -0.340. The maximum Gasteiger partial charge on any atom is 0.0392 e. The maximum absolute atomic E-state index is 6.53. The number of rotatable bonds is 3. The standard InChI is InChI=1S/C17H25NS/c18-15(9-14-8-11-5-6-12(14)7-11)17-10-13-3-1-2-4-16(13)19-17/h10-12,14-15H,1-9,18H2. The minimum atomic E-state index is 0.319. The Morgan fingerprint density at radius 1 is 1.21 bits per heavy atom. The molecule has 2 bridgehead atoms. The zero-order valence-electron chi connectivity index (χ0n) is 11.7. The van der Waals surface area contributed by atoms with Crippen molar-refractivity contribution in [3.05, 3.63) is 21.4 Å². The first-order valence-electron chi connectivity index (χ1n) is 8.16. The van der Waals surface area contributed by atoms with Crippen molar-refractivity contribution < 1.29 is 0 Å². The molecule has 0 radical (unpaired) electrons. The highest BCUT2D eigenvalue weighted by atomic mass is 32.1. The Morgan fingerprint density at radius 3 is 2.84 bits per heavy atom. The molecule has 4 unspecified atom stereocenters. The Labute approximate surface area is 120 Å². The Bertz CT molecular complexity index is 440. The third-order valence-electron chi connectivity index (χ3n) is 5.82. The van der Waals surface area contributed by atoms with Crippen molar-refractivity contribution in [2.24, 2.45) is 23.5 Å². The SMILES string of the molecule is NC(CC1CC2CCC1C2)c1cc2c(s1)CCCC2. The van der Waals surface area contributed by atoms with Crippen LogP contribution < -0.4 is 5.73 Å². The predicted molar refractivity (Wildman–Crippen MR) is 81.4 cm³/mol. The van der Waals surface area contributed by atoms with E-state index in [0.29, 0.717) is 6.04 Å². The van der Waals surface area contributed by atoms with Gasteiger partial charge in [0.2, 0.25) is 0 Å². The van der Waals surface area contributed by atoms with Crippen molar-refractivity contribution in [3.8, 4) is 0 Å². The minimum absolute atomic E-state index is 0.319. The van der Waals surface area contributed by atoms with Crippen LogP contribution in [0.5, 0.6) is 0 Å². The highest BCUT2D eigenvalue weighted by Gasteiger charge is 2.40. The van der Waals surface area contributed by atoms with E-state index in [2.05, 4.69) is 6.07 Å². The van der Waals surface area contributed by atoms with Gasteiger partial charge in [-0.15, -0.1) is 11.3 Å². The molecular weight excluding hydrogens is 250 g/mol. The fourth-order valence-electron chi connectivity index (χ4n) is 4.80. The molecule has 2 N–H and O–H groups in total. The van der Waals surface area contributed by atoms with E-state index in [-0.39, 0.29) is 0 Å². The molecule has 1 nitrogen and oxygen atoms in total. The molecule has 3 aliphatic rings. The summed E-state index contributed by atoms with van der Waals surface area (Å²) in [4.78, 5) is 3.12. The normalized spacial score (nSPS) is 34.5. The zero-order chi connectivity index (χ0) is 12.8. The topological polar surface area (TPSA) is 26.0 Å². The Kier molecular flexibility index (Phi) is 3.19. The lowest BCUT2D eigenvalue weighted by Gasteiger charge is -2.24. The molecular formula is C17H25NS. The number of aryl methyl sites for hydroxylation is 2. The number of nitrogens with two attached hydrogens (primary N) is 1. The minimum Gasteiger partial charge on any atom is -0.323 e. The van der Waals surface area contributed by atoms with Crippen LogP contribution in [0.15, 0.2) is 6.07 Å². The first-order chi connectivity index (χ1) is 9.29. The van der Waals surface area contributed by atoms with Crippen molar-refractivity contribution in [2.75, 3.05) is 0 Å². The highest BCUT2D eigenvalue weighted by molar-refractivity contribution is 7.12. The van der Waals surface area contributed by atoms with Crippen molar-refractivity contribution in [1.82, 2.24) is 0 Å². The molecule has 2 saturated carbocycles. The summed E-state index contributed by atoms with van der Waals surface area (Å²) in [5.41, 5.74) is 8.15. The maximum atomic E-state index is 6.53. The molecule has 3 aliphatic carbocycles. The van der Waals surface area contributed by atoms with Gasteiger partial charge < -0.3 is 5.73 Å². The van der Waals surface area contributed by atoms with Gasteiger partial charge >= 0.3 is 0 Å². The van der Waals surface area contributed by atoms with Crippen LogP contribution in [0, 0.1) is 17.8 Å². The molecule has 4 atom stereocenters. The Balaban J connectivity index is 1.45. The van der Waals surface area contributed by atoms with Crippen LogP contribution in [0.25, 0.3) is 0 Å². The van der Waals surface area contributed by atoms with E-state index in [1.807, 2.05) is 11.3 Å². The predicted octanol–water partition coefficient (Wildman–Crippen LogP) is 4.45. The van der Waals surface area contributed by atoms with E-state index in [1.54, 1.807) is 10.4 Å². The van der Waals surface area contributed by atoms with E-state index in [9.17, 15) is 0 Å². The summed E-state index contributed by atoms with van der Waals surface area (Å²) >= 11 is 2.02. The quantitative estimate of drug-likeness (QED) is 0.866. The largest absolute Gasteiger partial charge is 0.323 e. The number of thiophene rings is 1. The summed E-state index contributed by atoms with van der Waals surface area (Å²) in [5.74, 6) is 3.01. The lowest BCUT2D eigenvalue weighted by molar-refractivity contribution is 0.297. The smallest absolute Gasteiger partial charge is 0.0392 e. The van der Waals surface area contributed by atoms with Gasteiger partial charge in [-0.3, -0.25) is 0 Å². The third kappa shape index (κ3) is 2.27. The van der Waals surface area contributed by atoms with Crippen LogP contribution in [0.1, 0.15) is 66.3 Å². The van der Waals surface area contributed by atoms with Gasteiger partial charge in [0, 0.05) is 15.8 Å². The molecule has 0 aliphatic heterocycles. The molecule has 0 amide bonds. The number of hydrogen-bond acceptors (Lipinski definition) is 2. The van der Waals surface area contributed by atoms with Crippen molar-refractivity contribution >= 4 is 11.3 Å². The lowest BCUT2D eigenvalue weighted by atomic mass is 9.84. The van der Waals surface area contributed by atoms with E-state index >= 15 is 0 Å². The molecule has 4 rings (SSSR count). The number of fused-ring (bicyclic) bond motifs is 3. The van der Waals surface area contributed by atoms with Gasteiger partial charge in [-0.05, 0) is 80.8 Å². The van der Waals surface area contributed by atoms with Crippen LogP contribution in [0.4, 0.5) is 0 Å². The lowest BCUT2D eigenvalue weighted by Crippen LogP contribution is -2.18. The van der Waals surface area contributed by atoms with Crippen LogP contribution in [-0.4, -0.2) is 0 Å². The molecule has 0 saturated heterocycles. The second-order valence-corrected chi connectivity index (χ2v) is 8.25. The van der Waals surface area contributed by atoms with Gasteiger partial charge in [-0.25, -0.2) is 0 Å². The summed E-state index contributed by atoms with van der Waals surface area (Å²) in [6.45, 7) is 0. The fraction of sp³-hybridized carbons (Fsp3) is 0.765. The van der Waals surface area contributed by atoms with Crippen LogP contribution in [0.3, 0.4) is 0 Å². The van der Waals surface area contributed by atoms with Crippen LogP contribution >= 0.6 is 11.3 Å². The van der Waals surface area contributed by atoms with Gasteiger partial charge in [0.25, 0.3) is 0 Å². The molecule has 2 fully saturated rings. The summed E-state index contributed by atoms with van der Waals surface area (Å²) in [5, 5.41) is 0. The highest BCUT2D eigenvalue weighted by Crippen LogP contribution is 2.51. The molecule has 1 aromatic rings. The fourth-order valence-corrected chi connectivity index (χ4v) is 6.08. The van der Waals surface area contributed by atoms with E-state index in [4.69, 9.17) is 5.73 Å². The van der Waals surface area contributed by atoms with Crippen molar-refractivity contribution in [1.29, 1.82) is 0 Å². The van der Waals surface area contributed by atoms with Gasteiger partial charge in [0.15, 0.2) is 0 Å². The van der Waals surface area contributed by atoms with Crippen LogP contribution in [-0.2, 0) is 12.8 Å². The van der Waals surface area contributed by atoms with E-state index in [0.717, 1.165) is 17.8 Å². The van der Waals surface area contributed by atoms with Gasteiger partial charge in [0.1, 0.15) is 0 Å². The molecule has 19 heavy (non-hydrogen) atoms. The van der Waals surface area contributed by atoms with Crippen molar-refractivity contribution in [2.45, 2.75) is 63.8 Å². The Morgan fingerprint density at radius 2 is 2.11 bits per heavy atom. The first kappa shape index (κ1) is 12.4. The first-order valence-corrected chi connectivity index (χ1v) is 8.98. The second-order valence-electron chi connectivity index (χ2n) is 7.08. The third-order valence-corrected chi connectivity index (χ3v) is 7.19. The average molecular weight is 275 g/mol. The van der Waals surface area contributed by atoms with E-state index < -0.39 is 0 Å². The molecule has 0 spiro atoms. The van der Waals surface area contributed by atoms with E-state index in [1.165, 1.54) is 62.7 Å². The summed E-state index contributed by atoms with van der Waals surface area (Å²) in [6.07, 6.45) is 12.6. The summed E-state index contributed by atoms with van der Waals surface area (Å²) in [6, 6.07) is 2.76. The van der Waals surface area contributed by atoms with Crippen molar-refractivity contribution in [3.63, 3.8) is 0 Å². The monoisotopic (exact) mass is 275 g/mol.